The Hall–Kier alpha value is -2.41. The van der Waals surface area contributed by atoms with Gasteiger partial charge in [0.15, 0.2) is 5.78 Å². The number of aryl methyl sites for hydroxylation is 1. The molecule has 0 fully saturated rings. The lowest BCUT2D eigenvalue weighted by Crippen LogP contribution is -2.04. The van der Waals surface area contributed by atoms with E-state index < -0.39 is 0 Å². The molecule has 0 unspecified atom stereocenters. The maximum Gasteiger partial charge on any atom is 0.193 e. The van der Waals surface area contributed by atoms with Crippen LogP contribution in [0.5, 0.6) is 0 Å². The van der Waals surface area contributed by atoms with Crippen molar-refractivity contribution in [1.82, 2.24) is 0 Å². The first-order valence-electron chi connectivity index (χ1n) is 7.87. The number of carbonyl (C=O) groups excluding carboxylic acids is 1. The number of hydrogen-bond donors (Lipinski definition) is 0. The van der Waals surface area contributed by atoms with Crippen molar-refractivity contribution < 1.29 is 4.79 Å². The van der Waals surface area contributed by atoms with Crippen molar-refractivity contribution in [1.29, 1.82) is 0 Å². The molecule has 0 heterocycles. The maximum atomic E-state index is 12.8. The quantitative estimate of drug-likeness (QED) is 0.719. The highest BCUT2D eigenvalue weighted by Gasteiger charge is 2.23. The van der Waals surface area contributed by atoms with E-state index >= 15 is 0 Å². The lowest BCUT2D eigenvalue weighted by molar-refractivity contribution is 0.103. The first-order valence-corrected chi connectivity index (χ1v) is 7.87. The summed E-state index contributed by atoms with van der Waals surface area (Å²) in [6.07, 6.45) is 7.92. The van der Waals surface area contributed by atoms with Crippen molar-refractivity contribution in [2.45, 2.75) is 26.2 Å². The predicted octanol–water partition coefficient (Wildman–Crippen LogP) is 4.89. The molecule has 0 saturated heterocycles. The van der Waals surface area contributed by atoms with Crippen LogP contribution in [0.1, 0.15) is 45.5 Å². The third-order valence-corrected chi connectivity index (χ3v) is 4.68. The summed E-state index contributed by atoms with van der Waals surface area (Å²) in [6.45, 7) is 1.99. The fourth-order valence-electron chi connectivity index (χ4n) is 3.51. The molecule has 0 radical (unpaired) electrons. The standard InChI is InChI=1S/C21H18O/c1-14-6-2-4-8-18(14)21(22)16-10-11-20-17(13-16)12-15-7-3-5-9-19(15)20/h2,4,6-11,13H,3,5,12H2,1H3. The van der Waals surface area contributed by atoms with Gasteiger partial charge in [-0.25, -0.2) is 0 Å². The number of hydrogen-bond acceptors (Lipinski definition) is 1. The molecule has 2 aliphatic rings. The minimum atomic E-state index is 0.124. The smallest absolute Gasteiger partial charge is 0.193 e. The molecule has 2 aromatic rings. The van der Waals surface area contributed by atoms with E-state index in [2.05, 4.69) is 24.3 Å². The average molecular weight is 286 g/mol. The normalized spacial score (nSPS) is 15.7. The molecule has 0 spiro atoms. The molecule has 2 aromatic carbocycles. The van der Waals surface area contributed by atoms with Gasteiger partial charge in [-0.1, -0.05) is 48.6 Å². The molecule has 4 rings (SSSR count). The van der Waals surface area contributed by atoms with Crippen LogP contribution >= 0.6 is 0 Å². The Morgan fingerprint density at radius 1 is 1.00 bits per heavy atom. The second kappa shape index (κ2) is 5.10. The summed E-state index contributed by atoms with van der Waals surface area (Å²) in [5.41, 5.74) is 8.06. The van der Waals surface area contributed by atoms with Gasteiger partial charge in [-0.15, -0.1) is 0 Å². The Morgan fingerprint density at radius 2 is 1.82 bits per heavy atom. The van der Waals surface area contributed by atoms with E-state index in [-0.39, 0.29) is 5.78 Å². The van der Waals surface area contributed by atoms with Crippen molar-refractivity contribution in [2.75, 3.05) is 0 Å². The summed E-state index contributed by atoms with van der Waals surface area (Å²) < 4.78 is 0. The van der Waals surface area contributed by atoms with Gasteiger partial charge in [-0.2, -0.15) is 0 Å². The van der Waals surface area contributed by atoms with Gasteiger partial charge < -0.3 is 0 Å². The first kappa shape index (κ1) is 13.3. The maximum absolute atomic E-state index is 12.8. The zero-order valence-corrected chi connectivity index (χ0v) is 12.7. The van der Waals surface area contributed by atoms with Crippen LogP contribution in [-0.4, -0.2) is 5.78 Å². The van der Waals surface area contributed by atoms with Crippen LogP contribution in [0.2, 0.25) is 0 Å². The SMILES string of the molecule is Cc1ccccc1C(=O)c1ccc2c(c1)CC1=CCCC=C12. The van der Waals surface area contributed by atoms with Gasteiger partial charge in [0.25, 0.3) is 0 Å². The lowest BCUT2D eigenvalue weighted by atomic mass is 9.95. The summed E-state index contributed by atoms with van der Waals surface area (Å²) >= 11 is 0. The molecular weight excluding hydrogens is 268 g/mol. The summed E-state index contributed by atoms with van der Waals surface area (Å²) in [5.74, 6) is 0.124. The largest absolute Gasteiger partial charge is 0.289 e. The van der Waals surface area contributed by atoms with Gasteiger partial charge in [0.2, 0.25) is 0 Å². The van der Waals surface area contributed by atoms with E-state index in [0.29, 0.717) is 0 Å². The third-order valence-electron chi connectivity index (χ3n) is 4.68. The van der Waals surface area contributed by atoms with E-state index in [0.717, 1.165) is 36.0 Å². The zero-order chi connectivity index (χ0) is 15.1. The highest BCUT2D eigenvalue weighted by molar-refractivity contribution is 6.10. The van der Waals surface area contributed by atoms with Gasteiger partial charge in [0, 0.05) is 11.1 Å². The van der Waals surface area contributed by atoms with Crippen molar-refractivity contribution in [3.8, 4) is 0 Å². The molecule has 22 heavy (non-hydrogen) atoms. The number of fused-ring (bicyclic) bond motifs is 3. The highest BCUT2D eigenvalue weighted by atomic mass is 16.1. The molecule has 0 N–H and O–H groups in total. The van der Waals surface area contributed by atoms with Crippen molar-refractivity contribution in [3.05, 3.63) is 88.0 Å². The molecule has 0 bridgehead atoms. The van der Waals surface area contributed by atoms with Crippen molar-refractivity contribution in [2.24, 2.45) is 0 Å². The minimum Gasteiger partial charge on any atom is -0.289 e. The number of rotatable bonds is 2. The van der Waals surface area contributed by atoms with Crippen LogP contribution in [0.15, 0.2) is 60.2 Å². The second-order valence-corrected chi connectivity index (χ2v) is 6.12. The molecule has 0 atom stereocenters. The van der Waals surface area contributed by atoms with Gasteiger partial charge in [-0.3, -0.25) is 4.79 Å². The molecule has 0 saturated carbocycles. The number of carbonyl (C=O) groups is 1. The number of ketones is 1. The highest BCUT2D eigenvalue weighted by Crippen LogP contribution is 2.40. The fourth-order valence-corrected chi connectivity index (χ4v) is 3.51. The Kier molecular flexibility index (Phi) is 3.07. The van der Waals surface area contributed by atoms with Crippen LogP contribution < -0.4 is 0 Å². The molecule has 0 aromatic heterocycles. The van der Waals surface area contributed by atoms with Gasteiger partial charge in [-0.05, 0) is 60.1 Å². The summed E-state index contributed by atoms with van der Waals surface area (Å²) in [4.78, 5) is 12.8. The van der Waals surface area contributed by atoms with Crippen molar-refractivity contribution in [3.63, 3.8) is 0 Å². The average Bonchev–Trinajstić information content (AvgIpc) is 2.92. The molecular formula is C21H18O. The lowest BCUT2D eigenvalue weighted by Gasteiger charge is -2.08. The van der Waals surface area contributed by atoms with E-state index in [9.17, 15) is 4.79 Å². The van der Waals surface area contributed by atoms with Crippen molar-refractivity contribution >= 4 is 11.4 Å². The Morgan fingerprint density at radius 3 is 2.68 bits per heavy atom. The third kappa shape index (κ3) is 2.05. The Bertz CT molecular complexity index is 837. The van der Waals surface area contributed by atoms with Crippen LogP contribution in [0, 0.1) is 6.92 Å². The topological polar surface area (TPSA) is 17.1 Å². The molecule has 108 valence electrons. The van der Waals surface area contributed by atoms with E-state index in [4.69, 9.17) is 0 Å². The number of benzene rings is 2. The van der Waals surface area contributed by atoms with Gasteiger partial charge in [0.05, 0.1) is 0 Å². The predicted molar refractivity (Wildman–Crippen MR) is 90.1 cm³/mol. The Labute approximate surface area is 131 Å². The first-order chi connectivity index (χ1) is 10.7. The number of allylic oxidation sites excluding steroid dienone is 4. The molecule has 1 heteroatoms. The summed E-state index contributed by atoms with van der Waals surface area (Å²) in [6, 6.07) is 14.0. The van der Waals surface area contributed by atoms with Crippen LogP contribution in [-0.2, 0) is 6.42 Å². The van der Waals surface area contributed by atoms with Crippen LogP contribution in [0.4, 0.5) is 0 Å². The van der Waals surface area contributed by atoms with Gasteiger partial charge >= 0.3 is 0 Å². The van der Waals surface area contributed by atoms with E-state index in [1.54, 1.807) is 0 Å². The molecule has 1 nitrogen and oxygen atoms in total. The zero-order valence-electron chi connectivity index (χ0n) is 12.7. The van der Waals surface area contributed by atoms with E-state index in [1.165, 1.54) is 22.3 Å². The molecule has 0 aliphatic heterocycles. The minimum absolute atomic E-state index is 0.124. The molecule has 0 amide bonds. The van der Waals surface area contributed by atoms with Gasteiger partial charge in [0.1, 0.15) is 0 Å². The monoisotopic (exact) mass is 286 g/mol. The van der Waals surface area contributed by atoms with Crippen LogP contribution in [0.25, 0.3) is 5.57 Å². The molecule has 2 aliphatic carbocycles. The summed E-state index contributed by atoms with van der Waals surface area (Å²) in [5, 5.41) is 0. The van der Waals surface area contributed by atoms with Crippen LogP contribution in [0.3, 0.4) is 0 Å². The fraction of sp³-hybridized carbons (Fsp3) is 0.190. The second-order valence-electron chi connectivity index (χ2n) is 6.12. The summed E-state index contributed by atoms with van der Waals surface area (Å²) in [7, 11) is 0. The van der Waals surface area contributed by atoms with E-state index in [1.807, 2.05) is 37.3 Å². The Balaban J connectivity index is 1.75.